The molecule has 20 heavy (non-hydrogen) atoms. The smallest absolute Gasteiger partial charge is 0.402 e. The third kappa shape index (κ3) is 4.16. The largest absolute Gasteiger partial charge is 0.573 e. The van der Waals surface area contributed by atoms with Crippen molar-refractivity contribution in [2.24, 2.45) is 0 Å². The van der Waals surface area contributed by atoms with E-state index in [1.54, 1.807) is 0 Å². The van der Waals surface area contributed by atoms with Gasteiger partial charge in [0.05, 0.1) is 17.3 Å². The lowest BCUT2D eigenvalue weighted by Gasteiger charge is -2.15. The van der Waals surface area contributed by atoms with Crippen molar-refractivity contribution < 1.29 is 17.9 Å². The van der Waals surface area contributed by atoms with Gasteiger partial charge in [-0.1, -0.05) is 29.3 Å². The van der Waals surface area contributed by atoms with Gasteiger partial charge in [-0.2, -0.15) is 0 Å². The highest BCUT2D eigenvalue weighted by Crippen LogP contribution is 2.37. The summed E-state index contributed by atoms with van der Waals surface area (Å²) >= 11 is 12.6. The maximum Gasteiger partial charge on any atom is 0.573 e. The number of nitrogens with one attached hydrogen (secondary N) is 1. The Morgan fingerprint density at radius 1 is 1.30 bits per heavy atom. The lowest BCUT2D eigenvalue weighted by Crippen LogP contribution is -2.18. The minimum absolute atomic E-state index is 0.130. The molecule has 1 aromatic carbocycles. The Morgan fingerprint density at radius 2 is 2.05 bits per heavy atom. The molecule has 0 saturated carbocycles. The van der Waals surface area contributed by atoms with Crippen LogP contribution in [0.4, 0.5) is 18.9 Å². The summed E-state index contributed by atoms with van der Waals surface area (Å²) in [7, 11) is 0. The van der Waals surface area contributed by atoms with Gasteiger partial charge >= 0.3 is 6.36 Å². The molecule has 1 N–H and O–H groups in total. The number of alkyl halides is 3. The van der Waals surface area contributed by atoms with Gasteiger partial charge in [0, 0.05) is 11.1 Å². The molecule has 2 rings (SSSR count). The average molecular weight is 343 g/mol. The van der Waals surface area contributed by atoms with Crippen LogP contribution in [0.5, 0.6) is 5.75 Å². The summed E-state index contributed by atoms with van der Waals surface area (Å²) in [6.07, 6.45) is -3.27. The molecule has 0 fully saturated rings. The maximum absolute atomic E-state index is 12.3. The van der Waals surface area contributed by atoms with Gasteiger partial charge in [-0.05, 0) is 12.1 Å². The number of aromatic nitrogens is 1. The Balaban J connectivity index is 2.16. The van der Waals surface area contributed by atoms with Gasteiger partial charge < -0.3 is 10.1 Å². The number of nitrogens with zero attached hydrogens (tertiary/aromatic N) is 1. The molecular formula is C11H7Cl2F3N2OS. The van der Waals surface area contributed by atoms with Crippen LogP contribution < -0.4 is 10.1 Å². The van der Waals surface area contributed by atoms with E-state index in [-0.39, 0.29) is 17.3 Å². The fraction of sp³-hybridized carbons (Fsp3) is 0.182. The number of thiazole rings is 1. The van der Waals surface area contributed by atoms with Gasteiger partial charge in [0.25, 0.3) is 0 Å². The first-order valence-corrected chi connectivity index (χ1v) is 6.81. The number of para-hydroxylation sites is 1. The van der Waals surface area contributed by atoms with Crippen molar-refractivity contribution in [1.29, 1.82) is 0 Å². The number of hydrogen-bond donors (Lipinski definition) is 1. The summed E-state index contributed by atoms with van der Waals surface area (Å²) in [5, 5.41) is 2.68. The van der Waals surface area contributed by atoms with Crippen molar-refractivity contribution in [1.82, 2.24) is 4.98 Å². The lowest BCUT2D eigenvalue weighted by molar-refractivity contribution is -0.274. The predicted molar refractivity (Wildman–Crippen MR) is 72.6 cm³/mol. The minimum atomic E-state index is -4.81. The second-order valence-electron chi connectivity index (χ2n) is 3.60. The highest BCUT2D eigenvalue weighted by atomic mass is 35.5. The van der Waals surface area contributed by atoms with Gasteiger partial charge in [-0.3, -0.25) is 0 Å². The SMILES string of the molecule is FC(F)(F)Oc1c(Cl)cccc1NCc1cnc(Cl)s1. The van der Waals surface area contributed by atoms with E-state index in [9.17, 15) is 13.2 Å². The van der Waals surface area contributed by atoms with Crippen LogP contribution in [0.3, 0.4) is 0 Å². The zero-order valence-electron chi connectivity index (χ0n) is 9.67. The molecule has 0 aliphatic carbocycles. The molecule has 0 unspecified atom stereocenters. The van der Waals surface area contributed by atoms with E-state index in [4.69, 9.17) is 23.2 Å². The predicted octanol–water partition coefficient (Wildman–Crippen LogP) is 4.96. The van der Waals surface area contributed by atoms with Crippen molar-refractivity contribution in [2.45, 2.75) is 12.9 Å². The highest BCUT2D eigenvalue weighted by molar-refractivity contribution is 7.15. The molecule has 0 aliphatic rings. The first-order chi connectivity index (χ1) is 9.35. The molecule has 1 heterocycles. The fourth-order valence-electron chi connectivity index (χ4n) is 1.42. The Labute approximate surface area is 126 Å². The molecule has 3 nitrogen and oxygen atoms in total. The van der Waals surface area contributed by atoms with E-state index in [1.165, 1.54) is 35.7 Å². The van der Waals surface area contributed by atoms with Crippen LogP contribution in [0.15, 0.2) is 24.4 Å². The topological polar surface area (TPSA) is 34.1 Å². The number of rotatable bonds is 4. The van der Waals surface area contributed by atoms with Crippen LogP contribution in [0.25, 0.3) is 0 Å². The number of halogens is 5. The Kier molecular flexibility index (Phi) is 4.62. The summed E-state index contributed by atoms with van der Waals surface area (Å²) in [6, 6.07) is 4.28. The quantitative estimate of drug-likeness (QED) is 0.852. The van der Waals surface area contributed by atoms with Crippen LogP contribution >= 0.6 is 34.5 Å². The Hall–Kier alpha value is -1.18. The van der Waals surface area contributed by atoms with Crippen LogP contribution in [0.1, 0.15) is 4.88 Å². The standard InChI is InChI=1S/C11H7Cl2F3N2OS/c12-7-2-1-3-8(9(7)19-11(14,15)16)17-4-6-5-18-10(13)20-6/h1-3,5,17H,4H2. The van der Waals surface area contributed by atoms with Gasteiger partial charge in [-0.25, -0.2) is 4.98 Å². The zero-order chi connectivity index (χ0) is 14.8. The molecule has 2 aromatic rings. The highest BCUT2D eigenvalue weighted by Gasteiger charge is 2.33. The zero-order valence-corrected chi connectivity index (χ0v) is 12.0. The number of anilines is 1. The summed E-state index contributed by atoms with van der Waals surface area (Å²) in [5.74, 6) is -0.461. The number of hydrogen-bond acceptors (Lipinski definition) is 4. The van der Waals surface area contributed by atoms with Crippen LogP contribution in [-0.4, -0.2) is 11.3 Å². The van der Waals surface area contributed by atoms with E-state index in [0.29, 0.717) is 4.47 Å². The number of benzene rings is 1. The third-order valence-electron chi connectivity index (χ3n) is 2.16. The molecule has 108 valence electrons. The summed E-state index contributed by atoms with van der Waals surface area (Å²) in [6.45, 7) is 0.263. The van der Waals surface area contributed by atoms with Gasteiger partial charge in [0.15, 0.2) is 10.2 Å². The monoisotopic (exact) mass is 342 g/mol. The minimum Gasteiger partial charge on any atom is -0.402 e. The molecular weight excluding hydrogens is 336 g/mol. The van der Waals surface area contributed by atoms with Crippen molar-refractivity contribution in [3.63, 3.8) is 0 Å². The Morgan fingerprint density at radius 3 is 2.65 bits per heavy atom. The molecule has 0 aliphatic heterocycles. The van der Waals surface area contributed by atoms with Crippen LogP contribution in [-0.2, 0) is 6.54 Å². The molecule has 0 spiro atoms. The molecule has 9 heteroatoms. The van der Waals surface area contributed by atoms with Gasteiger partial charge in [0.1, 0.15) is 0 Å². The summed E-state index contributed by atoms with van der Waals surface area (Å²) < 4.78 is 41.3. The van der Waals surface area contributed by atoms with Gasteiger partial charge in [0.2, 0.25) is 0 Å². The first kappa shape index (κ1) is 15.2. The maximum atomic E-state index is 12.3. The van der Waals surface area contributed by atoms with Crippen LogP contribution in [0.2, 0.25) is 9.49 Å². The van der Waals surface area contributed by atoms with E-state index in [1.807, 2.05) is 0 Å². The van der Waals surface area contributed by atoms with Crippen molar-refractivity contribution in [3.05, 3.63) is 38.8 Å². The van der Waals surface area contributed by atoms with Crippen molar-refractivity contribution >= 4 is 40.2 Å². The Bertz CT molecular complexity index is 604. The summed E-state index contributed by atoms with van der Waals surface area (Å²) in [5.41, 5.74) is 0.138. The summed E-state index contributed by atoms with van der Waals surface area (Å²) in [4.78, 5) is 4.61. The molecule has 0 bridgehead atoms. The van der Waals surface area contributed by atoms with Crippen LogP contribution in [0, 0.1) is 0 Å². The molecule has 1 aromatic heterocycles. The van der Waals surface area contributed by atoms with E-state index < -0.39 is 12.1 Å². The fourth-order valence-corrected chi connectivity index (χ4v) is 2.55. The normalized spacial score (nSPS) is 11.4. The molecule has 0 saturated heterocycles. The van der Waals surface area contributed by atoms with E-state index in [2.05, 4.69) is 15.0 Å². The molecule has 0 amide bonds. The lowest BCUT2D eigenvalue weighted by atomic mass is 10.3. The van der Waals surface area contributed by atoms with Crippen molar-refractivity contribution in [2.75, 3.05) is 5.32 Å². The molecule has 0 radical (unpaired) electrons. The van der Waals surface area contributed by atoms with Gasteiger partial charge in [-0.15, -0.1) is 24.5 Å². The van der Waals surface area contributed by atoms with Crippen molar-refractivity contribution in [3.8, 4) is 5.75 Å². The first-order valence-electron chi connectivity index (χ1n) is 5.23. The average Bonchev–Trinajstić information content (AvgIpc) is 2.74. The second kappa shape index (κ2) is 6.07. The van der Waals surface area contributed by atoms with E-state index in [0.717, 1.165) is 4.88 Å². The molecule has 0 atom stereocenters. The number of ether oxygens (including phenoxy) is 1. The third-order valence-corrected chi connectivity index (χ3v) is 3.58. The van der Waals surface area contributed by atoms with E-state index >= 15 is 0 Å². The second-order valence-corrected chi connectivity index (χ2v) is 5.70.